The normalized spacial score (nSPS) is 33.2. The molecule has 8 heteroatoms. The highest BCUT2D eigenvalue weighted by molar-refractivity contribution is 6.27. The first-order valence-electron chi connectivity index (χ1n) is 11.5. The lowest BCUT2D eigenvalue weighted by atomic mass is 9.54. The third kappa shape index (κ3) is 4.03. The van der Waals surface area contributed by atoms with Crippen molar-refractivity contribution in [2.24, 2.45) is 10.5 Å². The second-order valence-corrected chi connectivity index (χ2v) is 11.1. The summed E-state index contributed by atoms with van der Waals surface area (Å²) in [4.78, 5) is 40.7. The van der Waals surface area contributed by atoms with Gasteiger partial charge in [-0.1, -0.05) is 23.3 Å². The molecule has 34 heavy (non-hydrogen) atoms. The lowest BCUT2D eigenvalue weighted by Crippen LogP contribution is -2.70. The Hall–Kier alpha value is -2.38. The molecule has 0 aromatic rings. The van der Waals surface area contributed by atoms with Gasteiger partial charge in [0.1, 0.15) is 11.4 Å². The van der Waals surface area contributed by atoms with E-state index in [-0.39, 0.29) is 24.0 Å². The molecule has 4 atom stereocenters. The Balaban J connectivity index is 2.19. The predicted octanol–water partition coefficient (Wildman–Crippen LogP) is 3.67. The van der Waals surface area contributed by atoms with Crippen LogP contribution in [-0.2, 0) is 19.1 Å². The van der Waals surface area contributed by atoms with E-state index in [1.54, 1.807) is 20.8 Å². The van der Waals surface area contributed by atoms with Gasteiger partial charge in [-0.15, -0.1) is 11.6 Å². The van der Waals surface area contributed by atoms with Gasteiger partial charge in [-0.3, -0.25) is 14.4 Å². The molecule has 1 saturated heterocycles. The summed E-state index contributed by atoms with van der Waals surface area (Å²) in [6.07, 6.45) is 6.90. The third-order valence-electron chi connectivity index (χ3n) is 7.34. The first kappa shape index (κ1) is 26.2. The second-order valence-electron chi connectivity index (χ2n) is 10.5. The number of ether oxygens (including phenoxy) is 1. The number of rotatable bonds is 6. The van der Waals surface area contributed by atoms with E-state index in [0.29, 0.717) is 0 Å². The van der Waals surface area contributed by atoms with Crippen molar-refractivity contribution >= 4 is 29.0 Å². The molecule has 3 aliphatic rings. The zero-order valence-electron chi connectivity index (χ0n) is 20.7. The summed E-state index contributed by atoms with van der Waals surface area (Å²) >= 11 is 6.65. The molecule has 1 aliphatic heterocycles. The monoisotopic (exact) mass is 489 g/mol. The minimum atomic E-state index is -1.61. The molecule has 4 unspecified atom stereocenters. The largest absolute Gasteiger partial charge is 0.507 e. The minimum absolute atomic E-state index is 0.120. The number of aliphatic hydroxyl groups is 1. The van der Waals surface area contributed by atoms with Crippen LogP contribution in [0.25, 0.3) is 0 Å². The Morgan fingerprint density at radius 1 is 1.21 bits per heavy atom. The molecule has 0 spiro atoms. The highest BCUT2D eigenvalue weighted by atomic mass is 35.5. The molecular formula is C26H34ClN2O5+. The van der Waals surface area contributed by atoms with Crippen LogP contribution in [0.3, 0.4) is 0 Å². The number of Topliss-reactive ketones (excluding diaryl/α,β-unsaturated/α-hetero) is 2. The zero-order chi connectivity index (χ0) is 25.6. The van der Waals surface area contributed by atoms with Crippen LogP contribution in [0.1, 0.15) is 67.2 Å². The number of carbonyl (C=O) groups excluding carboxylic acids is 3. The topological polar surface area (TPSA) is 119 Å². The van der Waals surface area contributed by atoms with Crippen molar-refractivity contribution in [3.8, 4) is 0 Å². The van der Waals surface area contributed by atoms with Crippen molar-refractivity contribution in [3.05, 3.63) is 46.3 Å². The number of allylic oxidation sites excluding steroid dienone is 4. The molecule has 1 fully saturated rings. The van der Waals surface area contributed by atoms with Crippen LogP contribution in [0.2, 0.25) is 0 Å². The Labute approximate surface area is 205 Å². The fourth-order valence-corrected chi connectivity index (χ4v) is 5.51. The summed E-state index contributed by atoms with van der Waals surface area (Å²) in [6.45, 7) is 11.3. The van der Waals surface area contributed by atoms with Crippen LogP contribution in [0.4, 0.5) is 0 Å². The van der Waals surface area contributed by atoms with Gasteiger partial charge in [0.2, 0.25) is 6.04 Å². The molecule has 0 aromatic carbocycles. The van der Waals surface area contributed by atoms with E-state index in [2.05, 4.69) is 11.2 Å². The molecule has 0 radical (unpaired) electrons. The predicted molar refractivity (Wildman–Crippen MR) is 128 cm³/mol. The molecular weight excluding hydrogens is 456 g/mol. The van der Waals surface area contributed by atoms with Crippen LogP contribution < -0.4 is 5.53 Å². The van der Waals surface area contributed by atoms with Gasteiger partial charge in [0, 0.05) is 12.5 Å². The van der Waals surface area contributed by atoms with E-state index in [0.717, 1.165) is 24.5 Å². The van der Waals surface area contributed by atoms with E-state index in [9.17, 15) is 19.5 Å². The van der Waals surface area contributed by atoms with Gasteiger partial charge in [0.05, 0.1) is 27.5 Å². The molecule has 2 aliphatic carbocycles. The van der Waals surface area contributed by atoms with Crippen molar-refractivity contribution in [1.82, 2.24) is 0 Å². The molecule has 184 valence electrons. The van der Waals surface area contributed by atoms with Gasteiger partial charge in [-0.25, -0.2) is 0 Å². The summed E-state index contributed by atoms with van der Waals surface area (Å²) in [7, 11) is 0. The van der Waals surface area contributed by atoms with Crippen molar-refractivity contribution < 1.29 is 29.8 Å². The fourth-order valence-electron chi connectivity index (χ4n) is 5.16. The Morgan fingerprint density at radius 2 is 1.85 bits per heavy atom. The number of nitrogens with zero attached hydrogens (tertiary/aromatic N) is 1. The Bertz CT molecular complexity index is 1080. The number of alkyl halides is 1. The van der Waals surface area contributed by atoms with Crippen molar-refractivity contribution in [3.63, 3.8) is 0 Å². The highest BCUT2D eigenvalue weighted by Crippen LogP contribution is 2.58. The van der Waals surface area contributed by atoms with E-state index in [1.807, 2.05) is 26.8 Å². The van der Waals surface area contributed by atoms with Crippen LogP contribution >= 0.6 is 11.6 Å². The first-order chi connectivity index (χ1) is 15.7. The van der Waals surface area contributed by atoms with Gasteiger partial charge in [-0.05, 0) is 65.9 Å². The number of nitrogens with two attached hydrogens (primary N) is 1. The number of carbonyl (C=O) groups is 3. The van der Waals surface area contributed by atoms with Crippen LogP contribution in [-0.4, -0.2) is 45.1 Å². The number of hydrogen-bond acceptors (Lipinski definition) is 6. The van der Waals surface area contributed by atoms with E-state index >= 15 is 0 Å². The average Bonchev–Trinajstić information content (AvgIpc) is 2.73. The molecule has 0 saturated carbocycles. The number of halogens is 1. The SMILES string of the molecule is CC(C)=CCCC(C)=CCC12OC(C)(C)C(Cl)CC1(C)C(=O)C1=C(C2=O)C(N=[NH2+])C(=O)C=C1O. The summed E-state index contributed by atoms with van der Waals surface area (Å²) in [5.41, 5.74) is 3.46. The third-order valence-corrected chi connectivity index (χ3v) is 8.02. The van der Waals surface area contributed by atoms with Crippen molar-refractivity contribution in [2.45, 2.75) is 89.8 Å². The molecule has 0 aromatic heterocycles. The number of fused-ring (bicyclic) bond motifs is 1. The summed E-state index contributed by atoms with van der Waals surface area (Å²) < 4.78 is 6.48. The number of ketones is 3. The lowest BCUT2D eigenvalue weighted by Gasteiger charge is -2.58. The smallest absolute Gasteiger partial charge is 0.203 e. The van der Waals surface area contributed by atoms with Crippen molar-refractivity contribution in [1.29, 1.82) is 0 Å². The molecule has 3 N–H and O–H groups in total. The van der Waals surface area contributed by atoms with Crippen LogP contribution in [0.5, 0.6) is 0 Å². The molecule has 3 rings (SSSR count). The first-order valence-corrected chi connectivity index (χ1v) is 12.0. The molecule has 7 nitrogen and oxygen atoms in total. The summed E-state index contributed by atoms with van der Waals surface area (Å²) in [5.74, 6) is -2.25. The lowest BCUT2D eigenvalue weighted by molar-refractivity contribution is -0.230. The minimum Gasteiger partial charge on any atom is -0.507 e. The second kappa shape index (κ2) is 9.00. The van der Waals surface area contributed by atoms with Gasteiger partial charge >= 0.3 is 0 Å². The Morgan fingerprint density at radius 3 is 2.44 bits per heavy atom. The zero-order valence-corrected chi connectivity index (χ0v) is 21.5. The molecule has 0 bridgehead atoms. The summed E-state index contributed by atoms with van der Waals surface area (Å²) in [6, 6.07) is -1.37. The number of aliphatic hydroxyl groups excluding tert-OH is 1. The van der Waals surface area contributed by atoms with E-state index < -0.39 is 51.1 Å². The standard InChI is InChI=1S/C26H33ClN2O5/c1-14(2)8-7-9-15(3)10-11-26-23(33)20-19(16(30)12-17(31)21(20)29-28)22(32)25(26,6)13-18(27)24(4,5)34-26/h8,10,12,18,21,28,30H,7,9,11,13H2,1-6H3/p+1. The summed E-state index contributed by atoms with van der Waals surface area (Å²) in [5, 5.41) is 13.6. The van der Waals surface area contributed by atoms with Crippen LogP contribution in [0, 0.1) is 5.41 Å². The van der Waals surface area contributed by atoms with Gasteiger partial charge in [0.15, 0.2) is 17.3 Å². The van der Waals surface area contributed by atoms with Gasteiger partial charge in [-0.2, -0.15) is 5.53 Å². The molecule has 1 heterocycles. The van der Waals surface area contributed by atoms with Gasteiger partial charge in [0.25, 0.3) is 0 Å². The quantitative estimate of drug-likeness (QED) is 0.335. The maximum Gasteiger partial charge on any atom is 0.203 e. The fraction of sp³-hybridized carbons (Fsp3) is 0.577. The maximum atomic E-state index is 14.2. The van der Waals surface area contributed by atoms with E-state index in [1.165, 1.54) is 5.57 Å². The highest BCUT2D eigenvalue weighted by Gasteiger charge is 2.69. The Kier molecular flexibility index (Phi) is 6.95. The molecule has 0 amide bonds. The maximum absolute atomic E-state index is 14.2. The number of hydrogen-bond donors (Lipinski definition) is 2. The van der Waals surface area contributed by atoms with Crippen molar-refractivity contribution in [2.75, 3.05) is 0 Å². The van der Waals surface area contributed by atoms with E-state index in [4.69, 9.17) is 21.9 Å². The average molecular weight is 490 g/mol. The van der Waals surface area contributed by atoms with Crippen LogP contribution in [0.15, 0.2) is 51.4 Å². The van der Waals surface area contributed by atoms with Gasteiger partial charge < -0.3 is 9.84 Å².